The van der Waals surface area contributed by atoms with Gasteiger partial charge < -0.3 is 16.0 Å². The molecule has 0 unspecified atom stereocenters. The van der Waals surface area contributed by atoms with E-state index in [1.165, 1.54) is 11.1 Å². The number of nitrogens with one attached hydrogen (secondary N) is 3. The van der Waals surface area contributed by atoms with Crippen LogP contribution in [0.3, 0.4) is 0 Å². The Morgan fingerprint density at radius 1 is 1.25 bits per heavy atom. The van der Waals surface area contributed by atoms with Gasteiger partial charge in [0, 0.05) is 13.1 Å². The molecule has 24 heavy (non-hydrogen) atoms. The third-order valence-electron chi connectivity index (χ3n) is 4.74. The quantitative estimate of drug-likeness (QED) is 0.713. The van der Waals surface area contributed by atoms with Crippen LogP contribution in [0.5, 0.6) is 0 Å². The predicted molar refractivity (Wildman–Crippen MR) is 95.5 cm³/mol. The standard InChI is InChI=1S/C19H29N3O2/c1-4-10-20-19(24)17(13(3)5-2)22-18(23)16-11-14-8-6-7-9-15(14)12-21-16/h6-9,13,16-17,21H,4-5,10-12H2,1-3H3,(H,20,24)(H,22,23)/t13-,16+,17+/m0/s1. The van der Waals surface area contributed by atoms with E-state index in [4.69, 9.17) is 0 Å². The van der Waals surface area contributed by atoms with Gasteiger partial charge >= 0.3 is 0 Å². The van der Waals surface area contributed by atoms with E-state index in [9.17, 15) is 9.59 Å². The number of hydrogen-bond donors (Lipinski definition) is 3. The van der Waals surface area contributed by atoms with Crippen molar-refractivity contribution in [2.45, 2.75) is 58.7 Å². The zero-order valence-corrected chi connectivity index (χ0v) is 14.9. The largest absolute Gasteiger partial charge is 0.354 e. The zero-order chi connectivity index (χ0) is 17.5. The van der Waals surface area contributed by atoms with Gasteiger partial charge in [-0.25, -0.2) is 0 Å². The van der Waals surface area contributed by atoms with E-state index in [1.54, 1.807) is 0 Å². The van der Waals surface area contributed by atoms with Gasteiger partial charge in [-0.3, -0.25) is 9.59 Å². The van der Waals surface area contributed by atoms with Crippen molar-refractivity contribution in [3.8, 4) is 0 Å². The molecule has 0 saturated heterocycles. The van der Waals surface area contributed by atoms with Crippen LogP contribution in [0.25, 0.3) is 0 Å². The van der Waals surface area contributed by atoms with E-state index in [1.807, 2.05) is 32.9 Å². The van der Waals surface area contributed by atoms with Crippen molar-refractivity contribution in [2.24, 2.45) is 5.92 Å². The lowest BCUT2D eigenvalue weighted by Gasteiger charge is -2.29. The van der Waals surface area contributed by atoms with Crippen LogP contribution in [0.15, 0.2) is 24.3 Å². The van der Waals surface area contributed by atoms with Crippen LogP contribution < -0.4 is 16.0 Å². The molecule has 3 N–H and O–H groups in total. The van der Waals surface area contributed by atoms with Gasteiger partial charge in [0.2, 0.25) is 11.8 Å². The maximum atomic E-state index is 12.7. The van der Waals surface area contributed by atoms with Crippen LogP contribution in [0.1, 0.15) is 44.7 Å². The maximum Gasteiger partial charge on any atom is 0.242 e. The highest BCUT2D eigenvalue weighted by Gasteiger charge is 2.30. The summed E-state index contributed by atoms with van der Waals surface area (Å²) in [5.74, 6) is -0.0844. The van der Waals surface area contributed by atoms with E-state index >= 15 is 0 Å². The van der Waals surface area contributed by atoms with Crippen molar-refractivity contribution in [3.63, 3.8) is 0 Å². The molecule has 0 saturated carbocycles. The molecule has 0 aromatic heterocycles. The Bertz CT molecular complexity index is 573. The first-order chi connectivity index (χ1) is 11.6. The van der Waals surface area contributed by atoms with Gasteiger partial charge in [-0.1, -0.05) is 51.5 Å². The third kappa shape index (κ3) is 4.57. The fraction of sp³-hybridized carbons (Fsp3) is 0.579. The summed E-state index contributed by atoms with van der Waals surface area (Å²) in [7, 11) is 0. The molecule has 1 aromatic rings. The normalized spacial score (nSPS) is 19.0. The van der Waals surface area contributed by atoms with Crippen molar-refractivity contribution in [3.05, 3.63) is 35.4 Å². The highest BCUT2D eigenvalue weighted by Crippen LogP contribution is 2.17. The van der Waals surface area contributed by atoms with Crippen molar-refractivity contribution in [1.29, 1.82) is 0 Å². The lowest BCUT2D eigenvalue weighted by Crippen LogP contribution is -2.56. The Labute approximate surface area is 144 Å². The molecule has 1 heterocycles. The van der Waals surface area contributed by atoms with Crippen molar-refractivity contribution in [2.75, 3.05) is 6.54 Å². The van der Waals surface area contributed by atoms with Crippen LogP contribution in [-0.4, -0.2) is 30.4 Å². The Kier molecular flexibility index (Phi) is 6.79. The third-order valence-corrected chi connectivity index (χ3v) is 4.74. The Balaban J connectivity index is 2.01. The lowest BCUT2D eigenvalue weighted by molar-refractivity contribution is -0.131. The SMILES string of the molecule is CCCNC(=O)[C@H](NC(=O)[C@H]1Cc2ccccc2CN1)[C@@H](C)CC. The Hall–Kier alpha value is -1.88. The average Bonchev–Trinajstić information content (AvgIpc) is 2.62. The van der Waals surface area contributed by atoms with Gasteiger partial charge in [-0.15, -0.1) is 0 Å². The van der Waals surface area contributed by atoms with Crippen LogP contribution in [0.4, 0.5) is 0 Å². The van der Waals surface area contributed by atoms with Gasteiger partial charge in [0.25, 0.3) is 0 Å². The summed E-state index contributed by atoms with van der Waals surface area (Å²) in [6, 6.07) is 7.39. The van der Waals surface area contributed by atoms with E-state index < -0.39 is 6.04 Å². The first-order valence-corrected chi connectivity index (χ1v) is 8.95. The number of carbonyl (C=O) groups is 2. The fourth-order valence-corrected chi connectivity index (χ4v) is 2.95. The molecule has 0 bridgehead atoms. The van der Waals surface area contributed by atoms with Gasteiger partial charge in [0.05, 0.1) is 6.04 Å². The highest BCUT2D eigenvalue weighted by atomic mass is 16.2. The van der Waals surface area contributed by atoms with Crippen molar-refractivity contribution >= 4 is 11.8 Å². The summed E-state index contributed by atoms with van der Waals surface area (Å²) in [5, 5.41) is 9.14. The minimum atomic E-state index is -0.479. The monoisotopic (exact) mass is 331 g/mol. The summed E-state index contributed by atoms with van der Waals surface area (Å²) in [6.07, 6.45) is 2.38. The smallest absolute Gasteiger partial charge is 0.242 e. The second-order valence-corrected chi connectivity index (χ2v) is 6.57. The second-order valence-electron chi connectivity index (χ2n) is 6.57. The molecular weight excluding hydrogens is 302 g/mol. The number of benzene rings is 1. The van der Waals surface area contributed by atoms with Crippen molar-refractivity contribution < 1.29 is 9.59 Å². The van der Waals surface area contributed by atoms with Crippen LogP contribution in [0.2, 0.25) is 0 Å². The number of rotatable bonds is 7. The fourth-order valence-electron chi connectivity index (χ4n) is 2.95. The summed E-state index contributed by atoms with van der Waals surface area (Å²) in [5.41, 5.74) is 2.44. The molecule has 5 heteroatoms. The minimum Gasteiger partial charge on any atom is -0.354 e. The molecule has 5 nitrogen and oxygen atoms in total. The van der Waals surface area contributed by atoms with Gasteiger partial charge in [-0.2, -0.15) is 0 Å². The molecule has 1 aromatic carbocycles. The summed E-state index contributed by atoms with van der Waals surface area (Å²) in [6.45, 7) is 7.37. The number of amides is 2. The highest BCUT2D eigenvalue weighted by molar-refractivity contribution is 5.90. The molecule has 0 fully saturated rings. The van der Waals surface area contributed by atoms with E-state index in [2.05, 4.69) is 28.1 Å². The number of hydrogen-bond acceptors (Lipinski definition) is 3. The first kappa shape index (κ1) is 18.5. The van der Waals surface area contributed by atoms with Gasteiger partial charge in [0.1, 0.15) is 6.04 Å². The van der Waals surface area contributed by atoms with E-state index in [-0.39, 0.29) is 23.8 Å². The minimum absolute atomic E-state index is 0.0873. The second kappa shape index (κ2) is 8.83. The molecule has 1 aliphatic heterocycles. The molecule has 1 aliphatic rings. The molecular formula is C19H29N3O2. The molecule has 2 rings (SSSR count). The Morgan fingerprint density at radius 3 is 2.62 bits per heavy atom. The topological polar surface area (TPSA) is 70.2 Å². The average molecular weight is 331 g/mol. The predicted octanol–water partition coefficient (Wildman–Crippen LogP) is 1.76. The van der Waals surface area contributed by atoms with E-state index in [0.29, 0.717) is 19.5 Å². The van der Waals surface area contributed by atoms with Crippen LogP contribution >= 0.6 is 0 Å². The molecule has 3 atom stereocenters. The molecule has 132 valence electrons. The van der Waals surface area contributed by atoms with Crippen LogP contribution in [-0.2, 0) is 22.6 Å². The van der Waals surface area contributed by atoms with Gasteiger partial charge in [-0.05, 0) is 29.9 Å². The molecule has 0 aliphatic carbocycles. The van der Waals surface area contributed by atoms with E-state index in [0.717, 1.165) is 12.8 Å². The molecule has 2 amide bonds. The zero-order valence-electron chi connectivity index (χ0n) is 14.9. The lowest BCUT2D eigenvalue weighted by atomic mass is 9.94. The maximum absolute atomic E-state index is 12.7. The van der Waals surface area contributed by atoms with Gasteiger partial charge in [0.15, 0.2) is 0 Å². The number of carbonyl (C=O) groups excluding carboxylic acids is 2. The molecule has 0 spiro atoms. The number of fused-ring (bicyclic) bond motifs is 1. The summed E-state index contributed by atoms with van der Waals surface area (Å²) in [4.78, 5) is 25.0. The van der Waals surface area contributed by atoms with Crippen molar-refractivity contribution in [1.82, 2.24) is 16.0 Å². The summed E-state index contributed by atoms with van der Waals surface area (Å²) >= 11 is 0. The molecule has 0 radical (unpaired) electrons. The Morgan fingerprint density at radius 2 is 1.96 bits per heavy atom. The first-order valence-electron chi connectivity index (χ1n) is 8.95. The van der Waals surface area contributed by atoms with Crippen LogP contribution in [0, 0.1) is 5.92 Å². The summed E-state index contributed by atoms with van der Waals surface area (Å²) < 4.78 is 0.